The monoisotopic (exact) mass is 447 g/mol. The zero-order valence-electron chi connectivity index (χ0n) is 18.9. The molecule has 1 amide bonds. The fourth-order valence-electron chi connectivity index (χ4n) is 6.06. The number of nitrogens with zero attached hydrogens (tertiary/aromatic N) is 4. The van der Waals surface area contributed by atoms with E-state index in [-0.39, 0.29) is 5.91 Å². The number of ether oxygens (including phenoxy) is 1. The zero-order chi connectivity index (χ0) is 21.3. The van der Waals surface area contributed by atoms with Gasteiger partial charge in [-0.3, -0.25) is 14.4 Å². The van der Waals surface area contributed by atoms with Gasteiger partial charge in [-0.25, -0.2) is 0 Å². The maximum Gasteiger partial charge on any atom is 0.274 e. The van der Waals surface area contributed by atoms with Crippen LogP contribution in [0.4, 0.5) is 0 Å². The van der Waals surface area contributed by atoms with Crippen LogP contribution < -0.4 is 5.32 Å². The van der Waals surface area contributed by atoms with E-state index in [1.54, 1.807) is 0 Å². The van der Waals surface area contributed by atoms with Crippen LogP contribution >= 0.6 is 11.8 Å². The van der Waals surface area contributed by atoms with Crippen LogP contribution in [-0.4, -0.2) is 94.5 Å². The van der Waals surface area contributed by atoms with E-state index in [0.29, 0.717) is 17.3 Å². The molecular formula is C23H37N5O2S. The third kappa shape index (κ3) is 4.41. The summed E-state index contributed by atoms with van der Waals surface area (Å²) in [4.78, 5) is 17.9. The van der Waals surface area contributed by atoms with E-state index in [9.17, 15) is 4.79 Å². The third-order valence-corrected chi connectivity index (χ3v) is 8.83. The van der Waals surface area contributed by atoms with Gasteiger partial charge in [0.2, 0.25) is 0 Å². The lowest BCUT2D eigenvalue weighted by atomic mass is 9.89. The molecule has 2 aliphatic heterocycles. The number of carbonyl (C=O) groups is 1. The van der Waals surface area contributed by atoms with E-state index in [4.69, 9.17) is 9.84 Å². The lowest BCUT2D eigenvalue weighted by molar-refractivity contribution is -0.0213. The van der Waals surface area contributed by atoms with Crippen LogP contribution in [0.2, 0.25) is 0 Å². The van der Waals surface area contributed by atoms with E-state index in [2.05, 4.69) is 10.2 Å². The number of hydrogen-bond acceptors (Lipinski definition) is 6. The maximum absolute atomic E-state index is 13.2. The Balaban J connectivity index is 1.27. The molecule has 1 unspecified atom stereocenters. The number of aromatic nitrogens is 2. The number of carbonyl (C=O) groups excluding carboxylic acids is 1. The van der Waals surface area contributed by atoms with Crippen molar-refractivity contribution in [3.63, 3.8) is 0 Å². The molecule has 172 valence electrons. The van der Waals surface area contributed by atoms with E-state index < -0.39 is 0 Å². The number of aryl methyl sites for hydroxylation is 1. The van der Waals surface area contributed by atoms with Crippen LogP contribution in [0.5, 0.6) is 0 Å². The number of thioether (sulfide) groups is 1. The van der Waals surface area contributed by atoms with Gasteiger partial charge in [0.25, 0.3) is 5.91 Å². The summed E-state index contributed by atoms with van der Waals surface area (Å²) in [6.45, 7) is 6.60. The first-order valence-electron chi connectivity index (χ1n) is 12.1. The van der Waals surface area contributed by atoms with Crippen molar-refractivity contribution in [2.45, 2.75) is 56.5 Å². The summed E-state index contributed by atoms with van der Waals surface area (Å²) in [6.07, 6.45) is 8.31. The van der Waals surface area contributed by atoms with Gasteiger partial charge in [0, 0.05) is 74.1 Å². The number of hydrogen-bond donors (Lipinski definition) is 1. The van der Waals surface area contributed by atoms with Crippen LogP contribution in [0.15, 0.2) is 0 Å². The molecule has 0 aromatic carbocycles. The second-order valence-corrected chi connectivity index (χ2v) is 10.9. The second-order valence-electron chi connectivity index (χ2n) is 9.65. The average Bonchev–Trinajstić information content (AvgIpc) is 3.44. The summed E-state index contributed by atoms with van der Waals surface area (Å²) >= 11 is 1.93. The van der Waals surface area contributed by atoms with E-state index in [0.717, 1.165) is 76.7 Å². The minimum Gasteiger partial charge on any atom is -0.379 e. The van der Waals surface area contributed by atoms with E-state index >= 15 is 0 Å². The van der Waals surface area contributed by atoms with Gasteiger partial charge in [-0.2, -0.15) is 16.9 Å². The Morgan fingerprint density at radius 3 is 2.68 bits per heavy atom. The molecule has 4 aliphatic rings. The number of rotatable bonds is 5. The Morgan fingerprint density at radius 2 is 1.94 bits per heavy atom. The molecule has 2 saturated heterocycles. The first-order chi connectivity index (χ1) is 15.2. The predicted octanol–water partition coefficient (Wildman–Crippen LogP) is 1.70. The van der Waals surface area contributed by atoms with Crippen molar-refractivity contribution >= 4 is 17.7 Å². The van der Waals surface area contributed by atoms with Crippen LogP contribution in [0.3, 0.4) is 0 Å². The van der Waals surface area contributed by atoms with Crippen molar-refractivity contribution in [2.24, 2.45) is 7.05 Å². The molecule has 0 radical (unpaired) electrons. The number of morpholine rings is 1. The molecule has 3 heterocycles. The molecule has 5 rings (SSSR count). The normalized spacial score (nSPS) is 26.7. The van der Waals surface area contributed by atoms with E-state index in [1.165, 1.54) is 36.9 Å². The van der Waals surface area contributed by atoms with Gasteiger partial charge in [-0.05, 0) is 32.1 Å². The van der Waals surface area contributed by atoms with Crippen molar-refractivity contribution in [2.75, 3.05) is 57.4 Å². The summed E-state index contributed by atoms with van der Waals surface area (Å²) in [5.74, 6) is 2.21. The third-order valence-electron chi connectivity index (χ3n) is 7.89. The van der Waals surface area contributed by atoms with Crippen molar-refractivity contribution in [3.8, 4) is 0 Å². The second kappa shape index (κ2) is 9.41. The Labute approximate surface area is 190 Å². The highest BCUT2D eigenvalue weighted by Gasteiger charge is 2.40. The van der Waals surface area contributed by atoms with Gasteiger partial charge in [-0.15, -0.1) is 0 Å². The van der Waals surface area contributed by atoms with Gasteiger partial charge < -0.3 is 15.0 Å². The Morgan fingerprint density at radius 1 is 1.19 bits per heavy atom. The van der Waals surface area contributed by atoms with Crippen LogP contribution in [0, 0.1) is 0 Å². The first kappa shape index (κ1) is 21.7. The zero-order valence-corrected chi connectivity index (χ0v) is 19.7. The van der Waals surface area contributed by atoms with E-state index in [1.807, 2.05) is 28.4 Å². The molecule has 2 aliphatic carbocycles. The molecule has 1 N–H and O–H groups in total. The first-order valence-corrected chi connectivity index (χ1v) is 13.3. The molecule has 0 spiro atoms. The number of fused-ring (bicyclic) bond motifs is 1. The minimum atomic E-state index is 0.137. The summed E-state index contributed by atoms with van der Waals surface area (Å²) in [5, 5.41) is 8.64. The Kier molecular flexibility index (Phi) is 6.60. The summed E-state index contributed by atoms with van der Waals surface area (Å²) in [5.41, 5.74) is 3.46. The topological polar surface area (TPSA) is 62.6 Å². The minimum absolute atomic E-state index is 0.137. The molecule has 31 heavy (non-hydrogen) atoms. The predicted molar refractivity (Wildman–Crippen MR) is 124 cm³/mol. The van der Waals surface area contributed by atoms with Crippen molar-refractivity contribution in [1.29, 1.82) is 0 Å². The van der Waals surface area contributed by atoms with Gasteiger partial charge in [0.15, 0.2) is 5.69 Å². The van der Waals surface area contributed by atoms with Crippen molar-refractivity contribution in [1.82, 2.24) is 24.9 Å². The Bertz CT molecular complexity index is 779. The van der Waals surface area contributed by atoms with Crippen LogP contribution in [0.1, 0.15) is 53.8 Å². The number of nitrogens with one attached hydrogen (secondary N) is 1. The molecule has 1 aromatic heterocycles. The molecule has 1 atom stereocenters. The highest BCUT2D eigenvalue weighted by atomic mass is 32.2. The molecule has 7 nitrogen and oxygen atoms in total. The molecule has 1 saturated carbocycles. The largest absolute Gasteiger partial charge is 0.379 e. The lowest BCUT2D eigenvalue weighted by Crippen LogP contribution is -2.58. The highest BCUT2D eigenvalue weighted by Crippen LogP contribution is 2.36. The van der Waals surface area contributed by atoms with Crippen LogP contribution in [0.25, 0.3) is 0 Å². The SMILES string of the molecule is Cn1nc(C(=O)N2CCSCC2)c2c1CCC(NCC1(N3CCOCC3)CCCC1)C2. The molecule has 3 fully saturated rings. The molecule has 8 heteroatoms. The van der Waals surface area contributed by atoms with Gasteiger partial charge >= 0.3 is 0 Å². The molecular weight excluding hydrogens is 410 g/mol. The van der Waals surface area contributed by atoms with Crippen molar-refractivity contribution in [3.05, 3.63) is 17.0 Å². The Hall–Kier alpha value is -1.09. The van der Waals surface area contributed by atoms with Gasteiger partial charge in [0.05, 0.1) is 13.2 Å². The van der Waals surface area contributed by atoms with Crippen LogP contribution in [-0.2, 0) is 24.6 Å². The maximum atomic E-state index is 13.2. The highest BCUT2D eigenvalue weighted by molar-refractivity contribution is 7.99. The molecule has 1 aromatic rings. The summed E-state index contributed by atoms with van der Waals surface area (Å²) in [7, 11) is 2.00. The number of amides is 1. The summed E-state index contributed by atoms with van der Waals surface area (Å²) in [6, 6.07) is 0.429. The quantitative estimate of drug-likeness (QED) is 0.741. The summed E-state index contributed by atoms with van der Waals surface area (Å²) < 4.78 is 7.58. The molecule has 0 bridgehead atoms. The van der Waals surface area contributed by atoms with Gasteiger partial charge in [0.1, 0.15) is 0 Å². The average molecular weight is 448 g/mol. The van der Waals surface area contributed by atoms with Crippen molar-refractivity contribution < 1.29 is 9.53 Å². The standard InChI is InChI=1S/C23H37N5O2S/c1-26-20-5-4-18(16-19(20)21(25-26)22(29)27-10-14-31-15-11-27)24-17-23(6-2-3-7-23)28-8-12-30-13-9-28/h18,24H,2-17H2,1H3. The fourth-order valence-corrected chi connectivity index (χ4v) is 6.96. The fraction of sp³-hybridized carbons (Fsp3) is 0.826. The lowest BCUT2D eigenvalue weighted by Gasteiger charge is -2.44. The smallest absolute Gasteiger partial charge is 0.274 e. The van der Waals surface area contributed by atoms with Gasteiger partial charge in [-0.1, -0.05) is 12.8 Å².